The number of methoxy groups -OCH3 is 1. The van der Waals surface area contributed by atoms with Gasteiger partial charge in [0, 0.05) is 34.0 Å². The van der Waals surface area contributed by atoms with Gasteiger partial charge in [-0.25, -0.2) is 0 Å². The Morgan fingerprint density at radius 3 is 2.28 bits per heavy atom. The first kappa shape index (κ1) is 41.4. The largest absolute Gasteiger partial charge is 0.462 e. The summed E-state index contributed by atoms with van der Waals surface area (Å²) in [6.45, 7) is 9.02. The monoisotopic (exact) mass is 711 g/mol. The Morgan fingerprint density at radius 2 is 1.62 bits per heavy atom. The Labute approximate surface area is 301 Å². The van der Waals surface area contributed by atoms with Crippen molar-refractivity contribution in [3.8, 4) is 0 Å². The van der Waals surface area contributed by atoms with Gasteiger partial charge in [-0.15, -0.1) is 0 Å². The predicted molar refractivity (Wildman–Crippen MR) is 191 cm³/mol. The zero-order chi connectivity index (χ0) is 36.4. The summed E-state index contributed by atoms with van der Waals surface area (Å²) in [7, 11) is 1.71. The fourth-order valence-corrected chi connectivity index (χ4v) is 10.7. The molecule has 0 amide bonds. The summed E-state index contributed by atoms with van der Waals surface area (Å²) >= 11 is 0. The van der Waals surface area contributed by atoms with Gasteiger partial charge in [0.25, 0.3) is 0 Å². The topological polar surface area (TPSA) is 170 Å². The average molecular weight is 711 g/mol. The maximum Gasteiger partial charge on any atom is 0.302 e. The number of hydrogen-bond acceptors (Lipinski definition) is 11. The number of carbonyl (C=O) groups excluding carboxylic acids is 2. The first-order valence-corrected chi connectivity index (χ1v) is 19.8. The van der Waals surface area contributed by atoms with Gasteiger partial charge in [-0.1, -0.05) is 13.8 Å². The second-order valence-electron chi connectivity index (χ2n) is 16.6. The molecule has 0 spiro atoms. The van der Waals surface area contributed by atoms with Crippen molar-refractivity contribution in [2.45, 2.75) is 148 Å². The molecule has 4 rings (SSSR count). The Hall–Kier alpha value is -1.34. The number of piperidine rings is 1. The number of hydrogen-bond donors (Lipinski definition) is 5. The molecule has 11 nitrogen and oxygen atoms in total. The number of ether oxygens (including phenoxy) is 4. The van der Waals surface area contributed by atoms with Crippen molar-refractivity contribution in [1.82, 2.24) is 5.32 Å². The normalized spacial score (nSPS) is 37.7. The van der Waals surface area contributed by atoms with Crippen molar-refractivity contribution in [3.63, 3.8) is 0 Å². The molecule has 2 bridgehead atoms. The Morgan fingerprint density at radius 1 is 0.860 bits per heavy atom. The second kappa shape index (κ2) is 20.2. The van der Waals surface area contributed by atoms with Crippen LogP contribution in [-0.4, -0.2) is 97.4 Å². The maximum absolute atomic E-state index is 12.7. The van der Waals surface area contributed by atoms with E-state index in [1.54, 1.807) is 7.11 Å². The molecule has 14 unspecified atom stereocenters. The van der Waals surface area contributed by atoms with Gasteiger partial charge >= 0.3 is 11.9 Å². The number of nitrogens with one attached hydrogen (secondary N) is 1. The average Bonchev–Trinajstić information content (AvgIpc) is 3.05. The van der Waals surface area contributed by atoms with E-state index >= 15 is 0 Å². The smallest absolute Gasteiger partial charge is 0.302 e. The minimum absolute atomic E-state index is 0.0626. The zero-order valence-corrected chi connectivity index (χ0v) is 31.5. The van der Waals surface area contributed by atoms with Crippen LogP contribution < -0.4 is 11.1 Å². The molecule has 3 aliphatic carbocycles. The fourth-order valence-electron chi connectivity index (χ4n) is 10.7. The molecule has 1 aliphatic heterocycles. The summed E-state index contributed by atoms with van der Waals surface area (Å²) in [5, 5.41) is 35.5. The van der Waals surface area contributed by atoms with Gasteiger partial charge in [-0.2, -0.15) is 0 Å². The molecule has 290 valence electrons. The van der Waals surface area contributed by atoms with Crippen LogP contribution >= 0.6 is 0 Å². The van der Waals surface area contributed by atoms with Crippen LogP contribution in [0, 0.1) is 53.3 Å². The van der Waals surface area contributed by atoms with Crippen LogP contribution in [0.2, 0.25) is 0 Å². The summed E-state index contributed by atoms with van der Waals surface area (Å²) < 4.78 is 23.5. The number of aliphatic hydroxyl groups is 3. The lowest BCUT2D eigenvalue weighted by Crippen LogP contribution is -2.50. The van der Waals surface area contributed by atoms with Crippen molar-refractivity contribution < 1.29 is 43.9 Å². The van der Waals surface area contributed by atoms with Crippen LogP contribution in [0.15, 0.2) is 0 Å². The lowest BCUT2D eigenvalue weighted by atomic mass is 9.60. The van der Waals surface area contributed by atoms with Crippen molar-refractivity contribution in [2.24, 2.45) is 59.0 Å². The van der Waals surface area contributed by atoms with E-state index in [4.69, 9.17) is 24.7 Å². The van der Waals surface area contributed by atoms with Crippen molar-refractivity contribution >= 4 is 11.9 Å². The number of aliphatic hydroxyl groups excluding tert-OH is 3. The highest BCUT2D eigenvalue weighted by atomic mass is 16.6. The molecular formula is C39H70N2O9. The lowest BCUT2D eigenvalue weighted by molar-refractivity contribution is -0.159. The molecule has 0 radical (unpaired) electrons. The van der Waals surface area contributed by atoms with Gasteiger partial charge in [0.15, 0.2) is 0 Å². The highest BCUT2D eigenvalue weighted by Crippen LogP contribution is 2.49. The standard InChI is InChI=1S/C39H70N2O9/c1-23(2)32-9-7-26-16-29(32)17-30(18-35(45)33(26)11-14-47-5)37(50-25(4)44)21-31(49-24(3)43)8-6-27-19-38(48-15-13-42)36(46)22-34(27)28-10-12-41-39(40)20-28/h23,26-39,41-42,45-46H,6-22,40H2,1-5H3. The minimum Gasteiger partial charge on any atom is -0.462 e. The van der Waals surface area contributed by atoms with E-state index in [1.807, 2.05) is 0 Å². The minimum atomic E-state index is -0.612. The van der Waals surface area contributed by atoms with Crippen LogP contribution in [-0.2, 0) is 28.5 Å². The Kier molecular flexibility index (Phi) is 16.7. The third kappa shape index (κ3) is 11.8. The van der Waals surface area contributed by atoms with Crippen LogP contribution in [0.3, 0.4) is 0 Å². The summed E-state index contributed by atoms with van der Waals surface area (Å²) in [5.74, 6) is 2.22. The summed E-state index contributed by atoms with van der Waals surface area (Å²) in [6.07, 6.45) is 7.85. The van der Waals surface area contributed by atoms with E-state index in [-0.39, 0.29) is 61.1 Å². The number of fused-ring (bicyclic) bond motifs is 2. The van der Waals surface area contributed by atoms with Gasteiger partial charge in [0.05, 0.1) is 37.7 Å². The molecule has 0 aromatic heterocycles. The molecular weight excluding hydrogens is 640 g/mol. The van der Waals surface area contributed by atoms with Crippen LogP contribution in [0.4, 0.5) is 0 Å². The summed E-state index contributed by atoms with van der Waals surface area (Å²) in [4.78, 5) is 25.2. The summed E-state index contributed by atoms with van der Waals surface area (Å²) in [5.41, 5.74) is 6.32. The van der Waals surface area contributed by atoms with Crippen molar-refractivity contribution in [3.05, 3.63) is 0 Å². The number of esters is 2. The molecule has 4 aliphatic rings. The van der Waals surface area contributed by atoms with Crippen LogP contribution in [0.25, 0.3) is 0 Å². The SMILES string of the molecule is COCCC1C(O)CC(C(CC(CCC2CC(OCCO)C(O)CC2C2CCNC(N)C2)OC(C)=O)OC(C)=O)CC2CC1CCC2C(C)C. The third-order valence-corrected chi connectivity index (χ3v) is 13.0. The first-order chi connectivity index (χ1) is 23.9. The molecule has 0 aromatic rings. The van der Waals surface area contributed by atoms with E-state index in [9.17, 15) is 24.9 Å². The van der Waals surface area contributed by atoms with Crippen LogP contribution in [0.1, 0.15) is 111 Å². The highest BCUT2D eigenvalue weighted by molar-refractivity contribution is 5.66. The van der Waals surface area contributed by atoms with Crippen molar-refractivity contribution in [2.75, 3.05) is 33.5 Å². The van der Waals surface area contributed by atoms with Gasteiger partial charge in [-0.05, 0) is 137 Å². The maximum atomic E-state index is 12.7. The van der Waals surface area contributed by atoms with E-state index in [0.717, 1.165) is 57.9 Å². The van der Waals surface area contributed by atoms with Gasteiger partial charge < -0.3 is 45.3 Å². The molecule has 6 N–H and O–H groups in total. The molecule has 1 saturated heterocycles. The van der Waals surface area contributed by atoms with Gasteiger partial charge in [0.1, 0.15) is 12.2 Å². The van der Waals surface area contributed by atoms with Gasteiger partial charge in [-0.3, -0.25) is 9.59 Å². The molecule has 50 heavy (non-hydrogen) atoms. The Bertz CT molecular complexity index is 1030. The molecule has 4 fully saturated rings. The zero-order valence-electron chi connectivity index (χ0n) is 31.5. The van der Waals surface area contributed by atoms with E-state index in [2.05, 4.69) is 19.2 Å². The lowest BCUT2D eigenvalue weighted by Gasteiger charge is -2.47. The quantitative estimate of drug-likeness (QED) is 0.146. The molecule has 1 heterocycles. The third-order valence-electron chi connectivity index (χ3n) is 13.0. The molecule has 3 saturated carbocycles. The van der Waals surface area contributed by atoms with Gasteiger partial charge in [0.2, 0.25) is 0 Å². The highest BCUT2D eigenvalue weighted by Gasteiger charge is 2.45. The molecule has 0 aromatic carbocycles. The second-order valence-corrected chi connectivity index (χ2v) is 16.6. The number of nitrogens with two attached hydrogens (primary N) is 1. The Balaban J connectivity index is 1.55. The predicted octanol–water partition coefficient (Wildman–Crippen LogP) is 4.18. The molecule has 11 heteroatoms. The van der Waals surface area contributed by atoms with Crippen molar-refractivity contribution in [1.29, 1.82) is 0 Å². The van der Waals surface area contributed by atoms with E-state index in [0.29, 0.717) is 68.3 Å². The van der Waals surface area contributed by atoms with E-state index in [1.165, 1.54) is 13.8 Å². The number of rotatable bonds is 16. The molecule has 14 atom stereocenters. The fraction of sp³-hybridized carbons (Fsp3) is 0.949. The van der Waals surface area contributed by atoms with Crippen LogP contribution in [0.5, 0.6) is 0 Å². The number of carbonyl (C=O) groups is 2. The first-order valence-electron chi connectivity index (χ1n) is 19.8. The summed E-state index contributed by atoms with van der Waals surface area (Å²) in [6, 6.07) is 0. The van der Waals surface area contributed by atoms with E-state index < -0.39 is 24.4 Å².